The molecule has 6 nitrogen and oxygen atoms in total. The molecule has 36 heavy (non-hydrogen) atoms. The van der Waals surface area contributed by atoms with E-state index in [0.717, 1.165) is 42.4 Å². The molecule has 0 aliphatic heterocycles. The highest BCUT2D eigenvalue weighted by Crippen LogP contribution is 2.40. The van der Waals surface area contributed by atoms with E-state index in [1.54, 1.807) is 31.3 Å². The van der Waals surface area contributed by atoms with Crippen molar-refractivity contribution < 1.29 is 14.6 Å². The van der Waals surface area contributed by atoms with Gasteiger partial charge >= 0.3 is 5.97 Å². The van der Waals surface area contributed by atoms with Crippen molar-refractivity contribution in [2.75, 3.05) is 6.61 Å². The second-order valence-electron chi connectivity index (χ2n) is 9.08. The molecule has 0 spiro atoms. The number of fused-ring (bicyclic) bond motifs is 2. The highest BCUT2D eigenvalue weighted by atomic mass is 32.1. The fourth-order valence-corrected chi connectivity index (χ4v) is 6.17. The Labute approximate surface area is 213 Å². The van der Waals surface area contributed by atoms with Crippen LogP contribution < -0.4 is 5.56 Å². The monoisotopic (exact) mass is 500 g/mol. The summed E-state index contributed by atoms with van der Waals surface area (Å²) >= 11 is 1.51. The van der Waals surface area contributed by atoms with E-state index in [1.807, 2.05) is 38.1 Å². The molecule has 4 aromatic rings. The summed E-state index contributed by atoms with van der Waals surface area (Å²) in [4.78, 5) is 32.2. The maximum atomic E-state index is 13.5. The number of nitrogens with zero attached hydrogens (tertiary/aromatic N) is 2. The number of thiophene rings is 1. The van der Waals surface area contributed by atoms with Crippen molar-refractivity contribution >= 4 is 39.3 Å². The molecule has 0 saturated heterocycles. The third kappa shape index (κ3) is 4.13. The molecule has 1 aliphatic carbocycles. The van der Waals surface area contributed by atoms with E-state index in [2.05, 4.69) is 0 Å². The van der Waals surface area contributed by atoms with Crippen LogP contribution in [0.5, 0.6) is 5.88 Å². The molecule has 0 fully saturated rings. The van der Waals surface area contributed by atoms with Gasteiger partial charge in [0.2, 0.25) is 5.88 Å². The van der Waals surface area contributed by atoms with E-state index in [0.29, 0.717) is 39.2 Å². The van der Waals surface area contributed by atoms with Crippen LogP contribution in [0, 0.1) is 13.8 Å². The maximum absolute atomic E-state index is 13.5. The van der Waals surface area contributed by atoms with Gasteiger partial charge in [0.15, 0.2) is 0 Å². The Morgan fingerprint density at radius 2 is 1.89 bits per heavy atom. The quantitative estimate of drug-likeness (QED) is 0.262. The van der Waals surface area contributed by atoms with E-state index in [1.165, 1.54) is 20.8 Å². The van der Waals surface area contributed by atoms with E-state index in [4.69, 9.17) is 9.73 Å². The van der Waals surface area contributed by atoms with Gasteiger partial charge in [0, 0.05) is 21.9 Å². The number of esters is 1. The minimum absolute atomic E-state index is 0.187. The Bertz CT molecular complexity index is 1580. The van der Waals surface area contributed by atoms with Gasteiger partial charge in [0.25, 0.3) is 5.56 Å². The van der Waals surface area contributed by atoms with E-state index < -0.39 is 0 Å². The van der Waals surface area contributed by atoms with Crippen LogP contribution in [0.25, 0.3) is 16.5 Å². The van der Waals surface area contributed by atoms with Crippen molar-refractivity contribution in [1.82, 2.24) is 4.57 Å². The van der Waals surface area contributed by atoms with Crippen molar-refractivity contribution in [3.8, 4) is 11.6 Å². The number of pyridine rings is 1. The lowest BCUT2D eigenvalue weighted by Crippen LogP contribution is -2.21. The third-order valence-corrected chi connectivity index (χ3v) is 7.84. The summed E-state index contributed by atoms with van der Waals surface area (Å²) in [6, 6.07) is 12.9. The number of aromatic hydroxyl groups is 1. The van der Waals surface area contributed by atoms with E-state index in [-0.39, 0.29) is 17.4 Å². The van der Waals surface area contributed by atoms with Gasteiger partial charge in [-0.25, -0.2) is 14.4 Å². The zero-order valence-corrected chi connectivity index (χ0v) is 21.4. The number of hydrogen-bond acceptors (Lipinski definition) is 6. The molecule has 1 N–H and O–H groups in total. The average Bonchev–Trinajstić information content (AvgIpc) is 3.24. The summed E-state index contributed by atoms with van der Waals surface area (Å²) in [5.74, 6) is -0.549. The van der Waals surface area contributed by atoms with Crippen LogP contribution in [0.15, 0.2) is 52.3 Å². The van der Waals surface area contributed by atoms with E-state index >= 15 is 0 Å². The first-order chi connectivity index (χ1) is 17.4. The first kappa shape index (κ1) is 24.0. The summed E-state index contributed by atoms with van der Waals surface area (Å²) < 4.78 is 6.69. The maximum Gasteiger partial charge on any atom is 0.341 e. The molecular weight excluding hydrogens is 472 g/mol. The lowest BCUT2D eigenvalue weighted by atomic mass is 9.95. The van der Waals surface area contributed by atoms with Gasteiger partial charge in [-0.3, -0.25) is 4.79 Å². The largest absolute Gasteiger partial charge is 0.494 e. The summed E-state index contributed by atoms with van der Waals surface area (Å²) in [6.07, 6.45) is 5.45. The predicted molar refractivity (Wildman–Crippen MR) is 145 cm³/mol. The highest BCUT2D eigenvalue weighted by Gasteiger charge is 2.26. The number of hydrogen-bond donors (Lipinski definition) is 1. The molecule has 0 atom stereocenters. The molecule has 2 aromatic heterocycles. The molecule has 2 aromatic carbocycles. The Kier molecular flexibility index (Phi) is 6.49. The molecule has 184 valence electrons. The van der Waals surface area contributed by atoms with Gasteiger partial charge in [-0.15, -0.1) is 11.3 Å². The summed E-state index contributed by atoms with van der Waals surface area (Å²) in [7, 11) is 0. The Morgan fingerprint density at radius 1 is 1.14 bits per heavy atom. The smallest absolute Gasteiger partial charge is 0.341 e. The second kappa shape index (κ2) is 9.74. The van der Waals surface area contributed by atoms with Gasteiger partial charge in [-0.05, 0) is 69.7 Å². The molecular formula is C29H28N2O4S. The van der Waals surface area contributed by atoms with Crippen LogP contribution in [0.1, 0.15) is 57.3 Å². The number of aromatic nitrogens is 1. The minimum atomic E-state index is -0.363. The predicted octanol–water partition coefficient (Wildman–Crippen LogP) is 6.18. The van der Waals surface area contributed by atoms with Crippen LogP contribution in [0.3, 0.4) is 0 Å². The topological polar surface area (TPSA) is 80.9 Å². The summed E-state index contributed by atoms with van der Waals surface area (Å²) in [5.41, 5.74) is 4.24. The minimum Gasteiger partial charge on any atom is -0.494 e. The van der Waals surface area contributed by atoms with Gasteiger partial charge in [-0.2, -0.15) is 0 Å². The SMILES string of the molecule is CCOC(=O)c1c(/N=C/c2c(O)n(-c3ccc(C)cc3C)c(=O)c3ccccc23)sc2c1CCCC2. The molecule has 0 radical (unpaired) electrons. The van der Waals surface area contributed by atoms with Gasteiger partial charge in [-0.1, -0.05) is 35.9 Å². The highest BCUT2D eigenvalue weighted by molar-refractivity contribution is 7.16. The number of ether oxygens (including phenoxy) is 1. The van der Waals surface area contributed by atoms with Crippen molar-refractivity contribution in [2.24, 2.45) is 4.99 Å². The number of aliphatic imine (C=N–C) groups is 1. The van der Waals surface area contributed by atoms with Gasteiger partial charge in [0.1, 0.15) is 5.00 Å². The Morgan fingerprint density at radius 3 is 2.64 bits per heavy atom. The van der Waals surface area contributed by atoms with Crippen LogP contribution in [-0.2, 0) is 17.6 Å². The lowest BCUT2D eigenvalue weighted by Gasteiger charge is -2.16. The van der Waals surface area contributed by atoms with Crippen molar-refractivity contribution in [3.05, 3.63) is 85.5 Å². The molecule has 1 aliphatic rings. The normalized spacial score (nSPS) is 13.3. The molecule has 0 unspecified atom stereocenters. The lowest BCUT2D eigenvalue weighted by molar-refractivity contribution is 0.0526. The Hall–Kier alpha value is -3.71. The van der Waals surface area contributed by atoms with Crippen molar-refractivity contribution in [3.63, 3.8) is 0 Å². The third-order valence-electron chi connectivity index (χ3n) is 6.64. The van der Waals surface area contributed by atoms with Crippen LogP contribution in [-0.4, -0.2) is 28.5 Å². The summed E-state index contributed by atoms with van der Waals surface area (Å²) in [6.45, 7) is 5.98. The molecule has 2 heterocycles. The number of aryl methyl sites for hydroxylation is 3. The van der Waals surface area contributed by atoms with E-state index in [9.17, 15) is 14.7 Å². The van der Waals surface area contributed by atoms with Crippen molar-refractivity contribution in [2.45, 2.75) is 46.5 Å². The molecule has 5 rings (SSSR count). The van der Waals surface area contributed by atoms with Crippen LogP contribution >= 0.6 is 11.3 Å². The number of rotatable bonds is 5. The average molecular weight is 501 g/mol. The van der Waals surface area contributed by atoms with Gasteiger partial charge in [0.05, 0.1) is 23.4 Å². The molecule has 0 amide bonds. The summed E-state index contributed by atoms with van der Waals surface area (Å²) in [5, 5.41) is 13.1. The van der Waals surface area contributed by atoms with Gasteiger partial charge < -0.3 is 9.84 Å². The zero-order chi connectivity index (χ0) is 25.4. The molecule has 0 saturated carbocycles. The molecule has 0 bridgehead atoms. The zero-order valence-electron chi connectivity index (χ0n) is 20.6. The number of carbonyl (C=O) groups excluding carboxylic acids is 1. The first-order valence-electron chi connectivity index (χ1n) is 12.2. The first-order valence-corrected chi connectivity index (χ1v) is 13.0. The number of benzene rings is 2. The van der Waals surface area contributed by atoms with Crippen LogP contribution in [0.2, 0.25) is 0 Å². The fraction of sp³-hybridized carbons (Fsp3) is 0.276. The number of carbonyl (C=O) groups is 1. The second-order valence-corrected chi connectivity index (χ2v) is 10.2. The van der Waals surface area contributed by atoms with Crippen LogP contribution in [0.4, 0.5) is 5.00 Å². The van der Waals surface area contributed by atoms with Crippen molar-refractivity contribution in [1.29, 1.82) is 0 Å². The molecule has 7 heteroatoms. The standard InChI is InChI=1S/C29H28N2O4S/c1-4-35-29(34)25-21-11-7-8-12-24(21)36-26(25)30-16-22-19-9-5-6-10-20(19)27(32)31(28(22)33)23-14-13-17(2)15-18(23)3/h5-6,9-10,13-16,33H,4,7-8,11-12H2,1-3H3/b30-16+. The Balaban J connectivity index is 1.72. The fourth-order valence-electron chi connectivity index (χ4n) is 4.95.